The molecule has 0 rings (SSSR count). The van der Waals surface area contributed by atoms with Gasteiger partial charge >= 0.3 is 17.9 Å². The van der Waals surface area contributed by atoms with Crippen LogP contribution in [0.3, 0.4) is 0 Å². The molecule has 0 aliphatic carbocycles. The van der Waals surface area contributed by atoms with Gasteiger partial charge < -0.3 is 14.2 Å². The molecule has 0 fully saturated rings. The molecule has 0 bridgehead atoms. The highest BCUT2D eigenvalue weighted by atomic mass is 16.6. The Labute approximate surface area is 355 Å². The van der Waals surface area contributed by atoms with E-state index in [1.54, 1.807) is 0 Å². The van der Waals surface area contributed by atoms with Gasteiger partial charge in [0.2, 0.25) is 0 Å². The smallest absolute Gasteiger partial charge is 0.306 e. The minimum atomic E-state index is -0.763. The lowest BCUT2D eigenvalue weighted by atomic mass is 10.00. The van der Waals surface area contributed by atoms with Crippen LogP contribution in [0.4, 0.5) is 0 Å². The summed E-state index contributed by atoms with van der Waals surface area (Å²) in [7, 11) is 0. The van der Waals surface area contributed by atoms with Gasteiger partial charge in [0.05, 0.1) is 0 Å². The summed E-state index contributed by atoms with van der Waals surface area (Å²) in [6, 6.07) is 0. The van der Waals surface area contributed by atoms with Crippen LogP contribution in [0.2, 0.25) is 0 Å². The van der Waals surface area contributed by atoms with E-state index in [0.717, 1.165) is 75.5 Å². The number of carbonyl (C=O) groups is 3. The van der Waals surface area contributed by atoms with Crippen molar-refractivity contribution in [3.8, 4) is 0 Å². The Morgan fingerprint density at radius 2 is 0.614 bits per heavy atom. The number of carbonyl (C=O) groups excluding carboxylic acids is 3. The second-order valence-corrected chi connectivity index (χ2v) is 18.6. The fraction of sp³-hybridized carbons (Fsp3) is 0.941. The van der Waals surface area contributed by atoms with Crippen molar-refractivity contribution in [2.24, 2.45) is 17.8 Å². The van der Waals surface area contributed by atoms with E-state index in [9.17, 15) is 14.4 Å². The lowest BCUT2D eigenvalue weighted by Gasteiger charge is -2.18. The van der Waals surface area contributed by atoms with Gasteiger partial charge in [-0.15, -0.1) is 0 Å². The predicted molar refractivity (Wildman–Crippen MR) is 243 cm³/mol. The van der Waals surface area contributed by atoms with Crippen molar-refractivity contribution >= 4 is 17.9 Å². The number of unbranched alkanes of at least 4 members (excludes halogenated alkanes) is 26. The van der Waals surface area contributed by atoms with E-state index >= 15 is 0 Å². The Balaban J connectivity index is 4.31. The summed E-state index contributed by atoms with van der Waals surface area (Å²) in [6.07, 6.45) is 40.9. The molecular weight excluding hydrogens is 709 g/mol. The summed E-state index contributed by atoms with van der Waals surface area (Å²) in [4.78, 5) is 37.9. The first-order chi connectivity index (χ1) is 27.6. The molecule has 0 aliphatic heterocycles. The molecule has 0 saturated carbocycles. The van der Waals surface area contributed by atoms with Gasteiger partial charge in [-0.2, -0.15) is 0 Å². The van der Waals surface area contributed by atoms with Crippen molar-refractivity contribution in [2.75, 3.05) is 13.2 Å². The molecule has 6 heteroatoms. The Bertz CT molecular complexity index is 885. The minimum absolute atomic E-state index is 0.0656. The number of hydrogen-bond donors (Lipinski definition) is 0. The van der Waals surface area contributed by atoms with E-state index < -0.39 is 6.10 Å². The van der Waals surface area contributed by atoms with E-state index in [1.807, 2.05) is 0 Å². The van der Waals surface area contributed by atoms with E-state index in [-0.39, 0.29) is 31.1 Å². The number of rotatable bonds is 44. The lowest BCUT2D eigenvalue weighted by Crippen LogP contribution is -2.30. The number of hydrogen-bond acceptors (Lipinski definition) is 6. The Kier molecular flexibility index (Phi) is 41.3. The zero-order chi connectivity index (χ0) is 42.0. The number of ether oxygens (including phenoxy) is 3. The van der Waals surface area contributed by atoms with Gasteiger partial charge in [-0.05, 0) is 37.0 Å². The standard InChI is InChI=1S/C51H98O6/c1-7-47(6)39-33-27-23-24-29-35-41-50(53)56-44-48(57-51(54)42-36-30-22-18-14-13-16-20-26-32-38-46(4)5)43-55-49(52)40-34-28-21-17-12-10-8-9-11-15-19-25-31-37-45(2)3/h45-48H,7-44H2,1-6H3/t47?,48-/m1/s1. The normalized spacial score (nSPS) is 12.6. The second-order valence-electron chi connectivity index (χ2n) is 18.6. The lowest BCUT2D eigenvalue weighted by molar-refractivity contribution is -0.167. The molecule has 0 aromatic carbocycles. The van der Waals surface area contributed by atoms with Crippen molar-refractivity contribution in [2.45, 2.75) is 279 Å². The summed E-state index contributed by atoms with van der Waals surface area (Å²) < 4.78 is 16.8. The molecule has 0 aromatic heterocycles. The maximum Gasteiger partial charge on any atom is 0.306 e. The van der Waals surface area contributed by atoms with Gasteiger partial charge in [0.25, 0.3) is 0 Å². The topological polar surface area (TPSA) is 78.9 Å². The maximum absolute atomic E-state index is 12.8. The van der Waals surface area contributed by atoms with Gasteiger partial charge in [-0.3, -0.25) is 14.4 Å². The average molecular weight is 807 g/mol. The summed E-state index contributed by atoms with van der Waals surface area (Å²) in [5.41, 5.74) is 0. The predicted octanol–water partition coefficient (Wildman–Crippen LogP) is 16.0. The molecule has 0 aliphatic rings. The molecule has 0 N–H and O–H groups in total. The summed E-state index contributed by atoms with van der Waals surface area (Å²) in [5.74, 6) is 1.61. The van der Waals surface area contributed by atoms with Crippen molar-refractivity contribution in [1.82, 2.24) is 0 Å². The van der Waals surface area contributed by atoms with Crippen LogP contribution in [-0.2, 0) is 28.6 Å². The molecule has 0 aromatic rings. The molecular formula is C51H98O6. The Morgan fingerprint density at radius 1 is 0.351 bits per heavy atom. The monoisotopic (exact) mass is 807 g/mol. The molecule has 0 radical (unpaired) electrons. The van der Waals surface area contributed by atoms with Crippen molar-refractivity contribution < 1.29 is 28.6 Å². The largest absolute Gasteiger partial charge is 0.462 e. The second kappa shape index (κ2) is 42.5. The first-order valence-electron chi connectivity index (χ1n) is 25.1. The molecule has 57 heavy (non-hydrogen) atoms. The van der Waals surface area contributed by atoms with Crippen LogP contribution in [-0.4, -0.2) is 37.2 Å². The van der Waals surface area contributed by atoms with Gasteiger partial charge in [0.1, 0.15) is 13.2 Å². The Hall–Kier alpha value is -1.59. The zero-order valence-electron chi connectivity index (χ0n) is 39.1. The van der Waals surface area contributed by atoms with E-state index in [4.69, 9.17) is 14.2 Å². The molecule has 0 amide bonds. The summed E-state index contributed by atoms with van der Waals surface area (Å²) in [5, 5.41) is 0. The minimum Gasteiger partial charge on any atom is -0.462 e. The summed E-state index contributed by atoms with van der Waals surface area (Å²) >= 11 is 0. The van der Waals surface area contributed by atoms with E-state index in [0.29, 0.717) is 19.3 Å². The van der Waals surface area contributed by atoms with E-state index in [1.165, 1.54) is 154 Å². The molecule has 6 nitrogen and oxygen atoms in total. The highest BCUT2D eigenvalue weighted by Gasteiger charge is 2.19. The molecule has 0 spiro atoms. The first-order valence-corrected chi connectivity index (χ1v) is 25.1. The molecule has 1 unspecified atom stereocenters. The van der Waals surface area contributed by atoms with Crippen LogP contribution >= 0.6 is 0 Å². The van der Waals surface area contributed by atoms with Crippen LogP contribution in [0.5, 0.6) is 0 Å². The SMILES string of the molecule is CCC(C)CCCCCCCCC(=O)OC[C@@H](COC(=O)CCCCCCCCCCCCCCCC(C)C)OC(=O)CCCCCCCCCCCCC(C)C. The maximum atomic E-state index is 12.8. The quantitative estimate of drug-likeness (QED) is 0.0347. The Morgan fingerprint density at radius 3 is 0.912 bits per heavy atom. The first kappa shape index (κ1) is 55.4. The third-order valence-electron chi connectivity index (χ3n) is 11.8. The van der Waals surface area contributed by atoms with Gasteiger partial charge in [0, 0.05) is 19.3 Å². The van der Waals surface area contributed by atoms with Crippen LogP contribution < -0.4 is 0 Å². The third-order valence-corrected chi connectivity index (χ3v) is 11.8. The highest BCUT2D eigenvalue weighted by Crippen LogP contribution is 2.18. The molecule has 2 atom stereocenters. The molecule has 0 heterocycles. The fourth-order valence-corrected chi connectivity index (χ4v) is 7.55. The van der Waals surface area contributed by atoms with Gasteiger partial charge in [-0.25, -0.2) is 0 Å². The average Bonchev–Trinajstić information content (AvgIpc) is 3.18. The fourth-order valence-electron chi connectivity index (χ4n) is 7.55. The zero-order valence-corrected chi connectivity index (χ0v) is 39.1. The van der Waals surface area contributed by atoms with Crippen molar-refractivity contribution in [3.63, 3.8) is 0 Å². The number of esters is 3. The molecule has 0 saturated heterocycles. The van der Waals surface area contributed by atoms with Crippen LogP contribution in [0.15, 0.2) is 0 Å². The summed E-state index contributed by atoms with van der Waals surface area (Å²) in [6.45, 7) is 13.7. The molecule has 338 valence electrons. The van der Waals surface area contributed by atoms with Crippen molar-refractivity contribution in [1.29, 1.82) is 0 Å². The third kappa shape index (κ3) is 43.8. The highest BCUT2D eigenvalue weighted by molar-refractivity contribution is 5.71. The van der Waals surface area contributed by atoms with E-state index in [2.05, 4.69) is 41.5 Å². The van der Waals surface area contributed by atoms with Crippen LogP contribution in [0.25, 0.3) is 0 Å². The van der Waals surface area contributed by atoms with Crippen LogP contribution in [0.1, 0.15) is 273 Å². The van der Waals surface area contributed by atoms with Crippen molar-refractivity contribution in [3.05, 3.63) is 0 Å². The van der Waals surface area contributed by atoms with Gasteiger partial charge in [0.15, 0.2) is 6.10 Å². The van der Waals surface area contributed by atoms with Crippen LogP contribution in [0, 0.1) is 17.8 Å². The van der Waals surface area contributed by atoms with Gasteiger partial charge in [-0.1, -0.05) is 234 Å².